The molecule has 0 aromatic carbocycles. The fourth-order valence-corrected chi connectivity index (χ4v) is 3.26. The summed E-state index contributed by atoms with van der Waals surface area (Å²) in [6.07, 6.45) is 10.0. The molecule has 1 N–H and O–H groups in total. The van der Waals surface area contributed by atoms with E-state index in [4.69, 9.17) is 0 Å². The Balaban J connectivity index is 1.78. The fourth-order valence-electron chi connectivity index (χ4n) is 3.26. The summed E-state index contributed by atoms with van der Waals surface area (Å²) in [6.45, 7) is 10.8. The topological polar surface area (TPSA) is 15.3 Å². The van der Waals surface area contributed by atoms with Gasteiger partial charge in [0.15, 0.2) is 0 Å². The van der Waals surface area contributed by atoms with Gasteiger partial charge in [-0.2, -0.15) is 0 Å². The normalized spacial score (nSPS) is 22.7. The third-order valence-electron chi connectivity index (χ3n) is 4.58. The van der Waals surface area contributed by atoms with E-state index in [0.29, 0.717) is 5.41 Å². The second-order valence-electron chi connectivity index (χ2n) is 7.17. The van der Waals surface area contributed by atoms with E-state index in [0.717, 1.165) is 12.1 Å². The summed E-state index contributed by atoms with van der Waals surface area (Å²) in [5.41, 5.74) is 0.413. The van der Waals surface area contributed by atoms with Crippen molar-refractivity contribution in [2.75, 3.05) is 19.6 Å². The minimum Gasteiger partial charge on any atom is -0.313 e. The largest absolute Gasteiger partial charge is 0.313 e. The maximum absolute atomic E-state index is 3.70. The van der Waals surface area contributed by atoms with Crippen LogP contribution in [0.4, 0.5) is 0 Å². The second kappa shape index (κ2) is 6.38. The smallest absolute Gasteiger partial charge is 0.00953 e. The van der Waals surface area contributed by atoms with Gasteiger partial charge in [-0.15, -0.1) is 0 Å². The van der Waals surface area contributed by atoms with Crippen LogP contribution in [0.3, 0.4) is 0 Å². The van der Waals surface area contributed by atoms with E-state index in [9.17, 15) is 0 Å². The molecule has 0 spiro atoms. The van der Waals surface area contributed by atoms with Crippen molar-refractivity contribution in [3.63, 3.8) is 0 Å². The highest BCUT2D eigenvalue weighted by Crippen LogP contribution is 2.27. The summed E-state index contributed by atoms with van der Waals surface area (Å²) in [5.74, 6) is 0. The molecule has 0 atom stereocenters. The van der Waals surface area contributed by atoms with Crippen molar-refractivity contribution in [3.8, 4) is 0 Å². The van der Waals surface area contributed by atoms with E-state index in [1.165, 1.54) is 64.6 Å². The van der Waals surface area contributed by atoms with E-state index in [1.807, 2.05) is 0 Å². The number of nitrogens with zero attached hydrogens (tertiary/aromatic N) is 1. The SMILES string of the molecule is CCN(CC(C)(C)CNC1CC1)C1CCCCC1. The van der Waals surface area contributed by atoms with Crippen molar-refractivity contribution in [1.82, 2.24) is 10.2 Å². The zero-order chi connectivity index (χ0) is 13.0. The molecule has 2 nitrogen and oxygen atoms in total. The Labute approximate surface area is 114 Å². The Bertz CT molecular complexity index is 239. The third-order valence-corrected chi connectivity index (χ3v) is 4.58. The number of rotatable bonds is 7. The van der Waals surface area contributed by atoms with Gasteiger partial charge in [0.05, 0.1) is 0 Å². The Hall–Kier alpha value is -0.0800. The van der Waals surface area contributed by atoms with Gasteiger partial charge < -0.3 is 10.2 Å². The number of hydrogen-bond donors (Lipinski definition) is 1. The van der Waals surface area contributed by atoms with Crippen LogP contribution < -0.4 is 5.32 Å². The first kappa shape index (κ1) is 14.3. The Morgan fingerprint density at radius 2 is 1.72 bits per heavy atom. The van der Waals surface area contributed by atoms with Gasteiger partial charge in [-0.3, -0.25) is 0 Å². The average Bonchev–Trinajstić information content (AvgIpc) is 3.19. The van der Waals surface area contributed by atoms with Crippen molar-refractivity contribution < 1.29 is 0 Å². The monoisotopic (exact) mass is 252 g/mol. The van der Waals surface area contributed by atoms with Crippen molar-refractivity contribution in [3.05, 3.63) is 0 Å². The zero-order valence-corrected chi connectivity index (χ0v) is 12.7. The van der Waals surface area contributed by atoms with E-state index in [-0.39, 0.29) is 0 Å². The first-order valence-corrected chi connectivity index (χ1v) is 8.08. The molecule has 0 unspecified atom stereocenters. The molecule has 2 aliphatic carbocycles. The van der Waals surface area contributed by atoms with E-state index in [1.54, 1.807) is 0 Å². The molecule has 0 amide bonds. The predicted molar refractivity (Wildman–Crippen MR) is 78.9 cm³/mol. The Morgan fingerprint density at radius 3 is 2.28 bits per heavy atom. The lowest BCUT2D eigenvalue weighted by atomic mass is 9.89. The van der Waals surface area contributed by atoms with Crippen LogP contribution >= 0.6 is 0 Å². The average molecular weight is 252 g/mol. The van der Waals surface area contributed by atoms with Crippen LogP contribution in [0, 0.1) is 5.41 Å². The van der Waals surface area contributed by atoms with Gasteiger partial charge in [0.1, 0.15) is 0 Å². The van der Waals surface area contributed by atoms with Gasteiger partial charge in [-0.25, -0.2) is 0 Å². The van der Waals surface area contributed by atoms with Crippen molar-refractivity contribution in [2.45, 2.75) is 77.8 Å². The minimum absolute atomic E-state index is 0.413. The van der Waals surface area contributed by atoms with Gasteiger partial charge >= 0.3 is 0 Å². The summed E-state index contributed by atoms with van der Waals surface area (Å²) >= 11 is 0. The number of hydrogen-bond acceptors (Lipinski definition) is 2. The highest BCUT2D eigenvalue weighted by molar-refractivity contribution is 4.86. The summed E-state index contributed by atoms with van der Waals surface area (Å²) < 4.78 is 0. The summed E-state index contributed by atoms with van der Waals surface area (Å²) in [5, 5.41) is 3.70. The first-order valence-electron chi connectivity index (χ1n) is 8.08. The third kappa shape index (κ3) is 4.55. The summed E-state index contributed by atoms with van der Waals surface area (Å²) in [6, 6.07) is 1.71. The van der Waals surface area contributed by atoms with Crippen molar-refractivity contribution >= 4 is 0 Å². The van der Waals surface area contributed by atoms with Crippen LogP contribution in [0.1, 0.15) is 65.7 Å². The number of nitrogens with one attached hydrogen (secondary N) is 1. The molecule has 0 aromatic rings. The van der Waals surface area contributed by atoms with Crippen LogP contribution in [-0.2, 0) is 0 Å². The molecule has 0 radical (unpaired) electrons. The van der Waals surface area contributed by atoms with Gasteiger partial charge in [0.25, 0.3) is 0 Å². The zero-order valence-electron chi connectivity index (χ0n) is 12.7. The van der Waals surface area contributed by atoms with E-state index in [2.05, 4.69) is 31.0 Å². The molecule has 106 valence electrons. The lowest BCUT2D eigenvalue weighted by Crippen LogP contribution is -2.46. The second-order valence-corrected chi connectivity index (χ2v) is 7.17. The Kier molecular flexibility index (Phi) is 5.08. The van der Waals surface area contributed by atoms with Gasteiger partial charge in [-0.05, 0) is 37.6 Å². The molecular weight excluding hydrogens is 220 g/mol. The van der Waals surface area contributed by atoms with Gasteiger partial charge in [-0.1, -0.05) is 40.0 Å². The van der Waals surface area contributed by atoms with Crippen LogP contribution in [0.15, 0.2) is 0 Å². The molecule has 0 aromatic heterocycles. The minimum atomic E-state index is 0.413. The summed E-state index contributed by atoms with van der Waals surface area (Å²) in [7, 11) is 0. The van der Waals surface area contributed by atoms with Crippen LogP contribution in [-0.4, -0.2) is 36.6 Å². The summed E-state index contributed by atoms with van der Waals surface area (Å²) in [4.78, 5) is 2.74. The van der Waals surface area contributed by atoms with Crippen LogP contribution in [0.2, 0.25) is 0 Å². The first-order chi connectivity index (χ1) is 8.61. The molecule has 0 saturated heterocycles. The van der Waals surface area contributed by atoms with Crippen LogP contribution in [0.5, 0.6) is 0 Å². The highest BCUT2D eigenvalue weighted by Gasteiger charge is 2.29. The fraction of sp³-hybridized carbons (Fsp3) is 1.00. The van der Waals surface area contributed by atoms with Gasteiger partial charge in [0, 0.05) is 25.2 Å². The lowest BCUT2D eigenvalue weighted by Gasteiger charge is -2.39. The molecular formula is C16H32N2. The molecule has 18 heavy (non-hydrogen) atoms. The van der Waals surface area contributed by atoms with Crippen molar-refractivity contribution in [1.29, 1.82) is 0 Å². The lowest BCUT2D eigenvalue weighted by molar-refractivity contribution is 0.108. The molecule has 2 rings (SSSR count). The van der Waals surface area contributed by atoms with Crippen molar-refractivity contribution in [2.24, 2.45) is 5.41 Å². The molecule has 2 fully saturated rings. The maximum Gasteiger partial charge on any atom is 0.00953 e. The van der Waals surface area contributed by atoms with E-state index < -0.39 is 0 Å². The maximum atomic E-state index is 3.70. The van der Waals surface area contributed by atoms with Crippen LogP contribution in [0.25, 0.3) is 0 Å². The molecule has 0 bridgehead atoms. The molecule has 2 aliphatic rings. The van der Waals surface area contributed by atoms with Gasteiger partial charge in [0.2, 0.25) is 0 Å². The molecule has 0 heterocycles. The molecule has 0 aliphatic heterocycles. The highest BCUT2D eigenvalue weighted by atomic mass is 15.2. The quantitative estimate of drug-likeness (QED) is 0.747. The molecule has 2 saturated carbocycles. The standard InChI is InChI=1S/C16H32N2/c1-4-18(15-8-6-5-7-9-15)13-16(2,3)12-17-14-10-11-14/h14-15,17H,4-13H2,1-3H3. The van der Waals surface area contributed by atoms with E-state index >= 15 is 0 Å². The molecule has 2 heteroatoms. The predicted octanol–water partition coefficient (Wildman–Crippen LogP) is 3.42. The Morgan fingerprint density at radius 1 is 1.06 bits per heavy atom.